The molecule has 0 aliphatic rings. The van der Waals surface area contributed by atoms with Crippen molar-refractivity contribution in [2.24, 2.45) is 11.8 Å². The van der Waals surface area contributed by atoms with Crippen LogP contribution in [0.25, 0.3) is 9.69 Å². The highest BCUT2D eigenvalue weighted by atomic mass is 35.6. The Morgan fingerprint density at radius 1 is 0.685 bits per heavy atom. The van der Waals surface area contributed by atoms with Gasteiger partial charge in [0, 0.05) is 11.1 Å². The van der Waals surface area contributed by atoms with E-state index in [-0.39, 0.29) is 35.3 Å². The first-order valence-electron chi connectivity index (χ1n) is 23.5. The second-order valence-corrected chi connectivity index (χ2v) is 33.5. The first-order valence-corrected chi connectivity index (χ1v) is 31.2. The number of aliphatic hydroxyl groups excluding tert-OH is 1. The van der Waals surface area contributed by atoms with Gasteiger partial charge in [-0.05, 0) is 122 Å². The summed E-state index contributed by atoms with van der Waals surface area (Å²) in [6, 6.07) is 23.0. The number of amides is 3. The van der Waals surface area contributed by atoms with Gasteiger partial charge in [-0.25, -0.2) is 9.69 Å². The van der Waals surface area contributed by atoms with Gasteiger partial charge in [-0.1, -0.05) is 114 Å². The van der Waals surface area contributed by atoms with Crippen LogP contribution in [0.1, 0.15) is 109 Å². The third-order valence-electron chi connectivity index (χ3n) is 13.3. The zero-order valence-electron chi connectivity index (χ0n) is 44.3. The lowest BCUT2D eigenvalue weighted by Gasteiger charge is -2.40. The van der Waals surface area contributed by atoms with Crippen LogP contribution < -0.4 is 16.2 Å². The van der Waals surface area contributed by atoms with Crippen molar-refractivity contribution in [3.8, 4) is 12.1 Å². The van der Waals surface area contributed by atoms with Gasteiger partial charge in [0.2, 0.25) is 23.2 Å². The van der Waals surface area contributed by atoms with Crippen molar-refractivity contribution in [2.75, 3.05) is 6.54 Å². The van der Waals surface area contributed by atoms with E-state index in [1.54, 1.807) is 49.4 Å². The molecule has 73 heavy (non-hydrogen) atoms. The van der Waals surface area contributed by atoms with Gasteiger partial charge in [-0.15, -0.1) is 0 Å². The molecule has 0 radical (unpaired) electrons. The van der Waals surface area contributed by atoms with Crippen LogP contribution in [0.4, 0.5) is 11.4 Å². The van der Waals surface area contributed by atoms with E-state index in [1.165, 1.54) is 31.2 Å². The molecule has 0 unspecified atom stereocenters. The second-order valence-electron chi connectivity index (χ2n) is 20.7. The Morgan fingerprint density at radius 3 is 1.47 bits per heavy atom. The van der Waals surface area contributed by atoms with Crippen molar-refractivity contribution < 1.29 is 28.7 Å². The molecule has 13 nitrogen and oxygen atoms in total. The number of nitrogens with one attached hydrogen (secondary N) is 3. The number of nitriles is 2. The number of benzene rings is 4. The summed E-state index contributed by atoms with van der Waals surface area (Å²) >= 11 is 18.7. The summed E-state index contributed by atoms with van der Waals surface area (Å²) in [6.45, 7) is 42.9. The maximum Gasteiger partial charge on any atom is 0.269 e. The summed E-state index contributed by atoms with van der Waals surface area (Å²) in [5.41, 5.74) is 9.90. The Kier molecular flexibility index (Phi) is 23.8. The van der Waals surface area contributed by atoms with E-state index < -0.39 is 51.6 Å². The first kappa shape index (κ1) is 63.3. The molecule has 3 amide bonds. The van der Waals surface area contributed by atoms with E-state index in [4.69, 9.17) is 62.4 Å². The molecule has 0 saturated heterocycles. The van der Waals surface area contributed by atoms with Crippen molar-refractivity contribution in [3.63, 3.8) is 0 Å². The van der Waals surface area contributed by atoms with Crippen LogP contribution in [0.5, 0.6) is 0 Å². The average molecular weight is 1090 g/mol. The minimum absolute atomic E-state index is 0.0374. The number of hydrogen-bond acceptors (Lipinski definition) is 8. The molecule has 0 aliphatic carbocycles. The minimum Gasteiger partial charge on any atom is -0.413 e. The minimum atomic E-state index is -2.18. The summed E-state index contributed by atoms with van der Waals surface area (Å²) in [6.07, 6.45) is -0.855. The number of carbonyl (C=O) groups is 4. The van der Waals surface area contributed by atoms with E-state index >= 15 is 0 Å². The highest BCUT2D eigenvalue weighted by molar-refractivity contribution is 7.20. The molecule has 0 saturated carbocycles. The van der Waals surface area contributed by atoms with Gasteiger partial charge in [0.05, 0.1) is 77.0 Å². The van der Waals surface area contributed by atoms with Crippen molar-refractivity contribution in [2.45, 2.75) is 131 Å². The fraction of sp³-hybridized carbons (Fsp3) is 0.418. The van der Waals surface area contributed by atoms with E-state index in [9.17, 15) is 24.3 Å². The molecule has 0 heterocycles. The number of Topliss-reactive ketones (excluding diaryl/α,β-unsaturated/α-hetero) is 1. The molecule has 18 heteroatoms. The summed E-state index contributed by atoms with van der Waals surface area (Å²) in [5, 5.41) is 31.6. The highest BCUT2D eigenvalue weighted by Gasteiger charge is 2.41. The molecular weight excluding hydrogens is 1020 g/mol. The van der Waals surface area contributed by atoms with Crippen LogP contribution in [0.2, 0.25) is 46.3 Å². The number of carbonyl (C=O) groups excluding carboxylic acids is 4. The standard InChI is InChI=1S/C28H34ClN3O3Si.C21H19ClN4O3.C6H15ClSi/c1-18-22(13-14-24(31-6)26(18)29)15-23(19(2)35-36(7,8)28(3,4)5)27(34)32-17-25(33)21-11-9-20(16-30)10-12-21;1-12-16(8-9-18(24-3)19(12)22)10-17(13(2)27)21(29)26-25-20(28)15-6-4-14(11-23)5-7-15;1-6(2,3)8(4,5)7/h9-14,19,23H,15,17H2,1-5,7-8H3,(H,32,34);4-9,13,17,27H,10H2,1-2H3,(H,25,28)(H,26,29);1-5H3/t19-,23+;13-,17+;/m00./s1. The van der Waals surface area contributed by atoms with E-state index in [0.29, 0.717) is 55.1 Å². The van der Waals surface area contributed by atoms with Crippen LogP contribution in [-0.2, 0) is 26.9 Å². The molecule has 4 aromatic rings. The third-order valence-corrected chi connectivity index (χ3v) is 24.1. The molecule has 4 aromatic carbocycles. The van der Waals surface area contributed by atoms with Gasteiger partial charge in [0.15, 0.2) is 21.5 Å². The normalized spacial score (nSPS) is 13.0. The maximum atomic E-state index is 13.4. The van der Waals surface area contributed by atoms with E-state index in [0.717, 1.165) is 16.7 Å². The Labute approximate surface area is 449 Å². The summed E-state index contributed by atoms with van der Waals surface area (Å²) < 4.78 is 6.57. The largest absolute Gasteiger partial charge is 0.413 e. The fourth-order valence-electron chi connectivity index (χ4n) is 6.30. The number of hydrogen-bond donors (Lipinski definition) is 4. The van der Waals surface area contributed by atoms with E-state index in [2.05, 4.69) is 93.6 Å². The molecular formula is C55H68Cl3N7O6Si2. The van der Waals surface area contributed by atoms with Crippen LogP contribution in [0.3, 0.4) is 0 Å². The predicted molar refractivity (Wildman–Crippen MR) is 297 cm³/mol. The Bertz CT molecular complexity index is 2760. The second kappa shape index (κ2) is 27.4. The lowest BCUT2D eigenvalue weighted by atomic mass is 9.91. The summed E-state index contributed by atoms with van der Waals surface area (Å²) in [7, 11) is -3.57. The Balaban J connectivity index is 0.000000441. The van der Waals surface area contributed by atoms with Gasteiger partial charge in [-0.2, -0.15) is 21.6 Å². The monoisotopic (exact) mass is 1080 g/mol. The van der Waals surface area contributed by atoms with Crippen molar-refractivity contribution in [1.82, 2.24) is 16.2 Å². The fourth-order valence-corrected chi connectivity index (χ4v) is 8.20. The van der Waals surface area contributed by atoms with Gasteiger partial charge in [0.25, 0.3) is 5.91 Å². The Morgan fingerprint density at radius 2 is 1.10 bits per heavy atom. The smallest absolute Gasteiger partial charge is 0.269 e. The maximum absolute atomic E-state index is 13.4. The lowest BCUT2D eigenvalue weighted by molar-refractivity contribution is -0.129. The number of rotatable bonds is 14. The predicted octanol–water partition coefficient (Wildman–Crippen LogP) is 12.9. The zero-order valence-corrected chi connectivity index (χ0v) is 48.5. The number of nitrogens with zero attached hydrogens (tertiary/aromatic N) is 4. The van der Waals surface area contributed by atoms with Gasteiger partial charge in [0.1, 0.15) is 0 Å². The van der Waals surface area contributed by atoms with Crippen LogP contribution >= 0.6 is 34.3 Å². The molecule has 0 bridgehead atoms. The van der Waals surface area contributed by atoms with Crippen molar-refractivity contribution in [3.05, 3.63) is 150 Å². The summed E-state index contributed by atoms with van der Waals surface area (Å²) in [4.78, 5) is 57.6. The van der Waals surface area contributed by atoms with Gasteiger partial charge >= 0.3 is 0 Å². The zero-order chi connectivity index (χ0) is 55.8. The van der Waals surface area contributed by atoms with Crippen LogP contribution in [-0.4, -0.2) is 63.1 Å². The van der Waals surface area contributed by atoms with E-state index in [1.807, 2.05) is 32.1 Å². The van der Waals surface area contributed by atoms with Crippen LogP contribution in [0, 0.1) is 61.5 Å². The number of hydrazine groups is 1. The quantitative estimate of drug-likeness (QED) is 0.0315. The molecule has 4 N–H and O–H groups in total. The topological polar surface area (TPSA) is 190 Å². The van der Waals surface area contributed by atoms with Crippen LogP contribution in [0.15, 0.2) is 72.8 Å². The van der Waals surface area contributed by atoms with Gasteiger partial charge in [-0.3, -0.25) is 30.0 Å². The molecule has 0 spiro atoms. The molecule has 0 aromatic heterocycles. The number of aliphatic hydroxyl groups is 1. The van der Waals surface area contributed by atoms with Gasteiger partial charge < -0.3 is 14.8 Å². The lowest BCUT2D eigenvalue weighted by Crippen LogP contribution is -2.48. The highest BCUT2D eigenvalue weighted by Crippen LogP contribution is 2.40. The molecule has 0 aliphatic heterocycles. The SMILES string of the molecule is CC(C)(C)[Si](C)(C)Cl.[C-]#[N+]c1ccc(C[C@@H](C(=O)NCC(=O)c2ccc(C#N)cc2)[C@H](C)O[Si](C)(C)C(C)(C)C)c(C)c1Cl.[C-]#[N+]c1ccc(C[C@@H](C(=O)NNC(=O)c2ccc(C#N)cc2)[C@H](C)O)c(C)c1Cl. The molecule has 4 rings (SSSR count). The summed E-state index contributed by atoms with van der Waals surface area (Å²) in [5.74, 6) is -3.05. The number of halogens is 3. The molecule has 0 fully saturated rings. The number of ketones is 1. The van der Waals surface area contributed by atoms with Crippen molar-refractivity contribution >= 4 is 84.9 Å². The molecule has 388 valence electrons. The van der Waals surface area contributed by atoms with Crippen molar-refractivity contribution in [1.29, 1.82) is 10.5 Å². The average Bonchev–Trinajstić information content (AvgIpc) is 3.32. The molecule has 4 atom stereocenters. The third kappa shape index (κ3) is 18.5. The first-order chi connectivity index (χ1) is 33.7. The Hall–Kier alpha value is -5.86.